The maximum absolute atomic E-state index is 12.2. The van der Waals surface area contributed by atoms with Crippen LogP contribution in [0.2, 0.25) is 0 Å². The Labute approximate surface area is 158 Å². The summed E-state index contributed by atoms with van der Waals surface area (Å²) in [7, 11) is 1.64. The number of hydrogen-bond donors (Lipinski definition) is 2. The molecule has 0 spiro atoms. The number of aromatic nitrogens is 2. The van der Waals surface area contributed by atoms with Gasteiger partial charge >= 0.3 is 5.69 Å². The van der Waals surface area contributed by atoms with Crippen LogP contribution >= 0.6 is 0 Å². The van der Waals surface area contributed by atoms with Crippen molar-refractivity contribution in [2.45, 2.75) is 32.2 Å². The summed E-state index contributed by atoms with van der Waals surface area (Å²) in [5, 5.41) is 2.95. The monoisotopic (exact) mass is 367 g/mol. The number of ether oxygens (including phenoxy) is 1. The Morgan fingerprint density at radius 1 is 1.19 bits per heavy atom. The van der Waals surface area contributed by atoms with Gasteiger partial charge in [0.15, 0.2) is 0 Å². The van der Waals surface area contributed by atoms with E-state index in [-0.39, 0.29) is 17.5 Å². The van der Waals surface area contributed by atoms with Crippen LogP contribution < -0.4 is 15.7 Å². The van der Waals surface area contributed by atoms with Gasteiger partial charge in [0.1, 0.15) is 5.75 Å². The van der Waals surface area contributed by atoms with Crippen molar-refractivity contribution >= 4 is 16.9 Å². The zero-order valence-electron chi connectivity index (χ0n) is 15.7. The van der Waals surface area contributed by atoms with Gasteiger partial charge in [-0.25, -0.2) is 4.79 Å². The molecule has 0 saturated carbocycles. The van der Waals surface area contributed by atoms with Gasteiger partial charge in [-0.15, -0.1) is 0 Å². The van der Waals surface area contributed by atoms with E-state index < -0.39 is 0 Å². The Morgan fingerprint density at radius 2 is 1.93 bits per heavy atom. The highest BCUT2D eigenvalue weighted by Crippen LogP contribution is 2.21. The van der Waals surface area contributed by atoms with E-state index in [9.17, 15) is 9.59 Å². The van der Waals surface area contributed by atoms with Crippen LogP contribution in [0, 0.1) is 0 Å². The lowest BCUT2D eigenvalue weighted by Gasteiger charge is -2.13. The van der Waals surface area contributed by atoms with E-state index in [4.69, 9.17) is 4.74 Å². The summed E-state index contributed by atoms with van der Waals surface area (Å²) in [5.74, 6) is 0.958. The second-order valence-electron chi connectivity index (χ2n) is 6.68. The highest BCUT2D eigenvalue weighted by Gasteiger charge is 2.11. The molecule has 2 aromatic carbocycles. The quantitative estimate of drug-likeness (QED) is 0.601. The zero-order chi connectivity index (χ0) is 19.2. The third-order valence-electron chi connectivity index (χ3n) is 4.74. The molecule has 1 heterocycles. The molecule has 3 aromatic rings. The van der Waals surface area contributed by atoms with Crippen LogP contribution in [0.3, 0.4) is 0 Å². The summed E-state index contributed by atoms with van der Waals surface area (Å²) in [6.07, 6.45) is 1.13. The number of imidazole rings is 1. The Bertz CT molecular complexity index is 957. The number of H-pyrrole nitrogens is 1. The Hall–Kier alpha value is -3.02. The van der Waals surface area contributed by atoms with Crippen molar-refractivity contribution in [2.24, 2.45) is 0 Å². The lowest BCUT2D eigenvalue weighted by atomic mass is 9.97. The minimum absolute atomic E-state index is 0.0181. The van der Waals surface area contributed by atoms with E-state index in [1.165, 1.54) is 0 Å². The second kappa shape index (κ2) is 8.58. The fourth-order valence-electron chi connectivity index (χ4n) is 3.19. The first-order chi connectivity index (χ1) is 13.1. The fourth-order valence-corrected chi connectivity index (χ4v) is 3.19. The van der Waals surface area contributed by atoms with E-state index in [1.54, 1.807) is 11.7 Å². The van der Waals surface area contributed by atoms with Gasteiger partial charge in [0, 0.05) is 19.5 Å². The van der Waals surface area contributed by atoms with E-state index in [2.05, 4.69) is 10.3 Å². The first kappa shape index (κ1) is 18.8. The average Bonchev–Trinajstić information content (AvgIpc) is 3.00. The van der Waals surface area contributed by atoms with Gasteiger partial charge in [-0.3, -0.25) is 9.36 Å². The summed E-state index contributed by atoms with van der Waals surface area (Å²) in [5.41, 5.74) is 2.72. The molecule has 6 nitrogen and oxygen atoms in total. The molecule has 3 rings (SSSR count). The van der Waals surface area contributed by atoms with Crippen LogP contribution in [0.15, 0.2) is 53.3 Å². The van der Waals surface area contributed by atoms with Crippen LogP contribution in [0.5, 0.6) is 5.75 Å². The molecule has 0 bridgehead atoms. The molecular formula is C21H25N3O3. The maximum Gasteiger partial charge on any atom is 0.326 e. The van der Waals surface area contributed by atoms with E-state index in [1.807, 2.05) is 55.5 Å². The normalized spacial score (nSPS) is 12.1. The SMILES string of the molecule is COc1ccc(C(C)CC(=O)NCCCn2c(=O)[nH]c3ccccc32)cc1. The van der Waals surface area contributed by atoms with Gasteiger partial charge in [-0.05, 0) is 42.2 Å². The number of methoxy groups -OCH3 is 1. The van der Waals surface area contributed by atoms with Gasteiger partial charge in [-0.1, -0.05) is 31.2 Å². The molecule has 1 amide bonds. The van der Waals surface area contributed by atoms with Crippen LogP contribution in [0.4, 0.5) is 0 Å². The number of rotatable bonds is 8. The van der Waals surface area contributed by atoms with Crippen LogP contribution in [-0.2, 0) is 11.3 Å². The molecule has 1 atom stereocenters. The van der Waals surface area contributed by atoms with E-state index >= 15 is 0 Å². The number of nitrogens with zero attached hydrogens (tertiary/aromatic N) is 1. The largest absolute Gasteiger partial charge is 0.497 e. The molecule has 0 radical (unpaired) electrons. The average molecular weight is 367 g/mol. The lowest BCUT2D eigenvalue weighted by molar-refractivity contribution is -0.121. The fraction of sp³-hybridized carbons (Fsp3) is 0.333. The summed E-state index contributed by atoms with van der Waals surface area (Å²) in [6, 6.07) is 15.4. The maximum atomic E-state index is 12.2. The predicted molar refractivity (Wildman–Crippen MR) is 106 cm³/mol. The lowest BCUT2D eigenvalue weighted by Crippen LogP contribution is -2.27. The number of nitrogens with one attached hydrogen (secondary N) is 2. The van der Waals surface area contributed by atoms with Crippen molar-refractivity contribution in [3.63, 3.8) is 0 Å². The summed E-state index contributed by atoms with van der Waals surface area (Å²) >= 11 is 0. The van der Waals surface area contributed by atoms with Crippen molar-refractivity contribution < 1.29 is 9.53 Å². The molecule has 0 aliphatic carbocycles. The summed E-state index contributed by atoms with van der Waals surface area (Å²) < 4.78 is 6.87. The number of carbonyl (C=O) groups is 1. The van der Waals surface area contributed by atoms with Crippen LogP contribution in [-0.4, -0.2) is 29.1 Å². The van der Waals surface area contributed by atoms with Crippen molar-refractivity contribution in [3.8, 4) is 5.75 Å². The molecule has 0 fully saturated rings. The minimum atomic E-state index is -0.115. The number of para-hydroxylation sites is 2. The van der Waals surface area contributed by atoms with Crippen molar-refractivity contribution in [3.05, 3.63) is 64.6 Å². The molecule has 6 heteroatoms. The molecule has 142 valence electrons. The minimum Gasteiger partial charge on any atom is -0.497 e. The molecule has 27 heavy (non-hydrogen) atoms. The van der Waals surface area contributed by atoms with Gasteiger partial charge in [0.25, 0.3) is 0 Å². The van der Waals surface area contributed by atoms with Crippen molar-refractivity contribution in [1.82, 2.24) is 14.9 Å². The Kier molecular flexibility index (Phi) is 5.96. The summed E-state index contributed by atoms with van der Waals surface area (Å²) in [4.78, 5) is 27.0. The number of aryl methyl sites for hydroxylation is 1. The zero-order valence-corrected chi connectivity index (χ0v) is 15.7. The van der Waals surface area contributed by atoms with Gasteiger partial charge < -0.3 is 15.0 Å². The third-order valence-corrected chi connectivity index (χ3v) is 4.74. The first-order valence-corrected chi connectivity index (χ1v) is 9.16. The number of amides is 1. The molecule has 2 N–H and O–H groups in total. The van der Waals surface area contributed by atoms with Crippen LogP contribution in [0.25, 0.3) is 11.0 Å². The van der Waals surface area contributed by atoms with E-state index in [0.29, 0.717) is 25.9 Å². The molecule has 0 saturated heterocycles. The van der Waals surface area contributed by atoms with E-state index in [0.717, 1.165) is 22.3 Å². The molecule has 0 aliphatic heterocycles. The molecule has 0 aliphatic rings. The van der Waals surface area contributed by atoms with Crippen molar-refractivity contribution in [1.29, 1.82) is 0 Å². The molecule has 1 aromatic heterocycles. The Balaban J connectivity index is 1.46. The standard InChI is InChI=1S/C21H25N3O3/c1-15(16-8-10-17(27-2)11-9-16)14-20(25)22-12-5-13-24-19-7-4-3-6-18(19)23-21(24)26/h3-4,6-11,15H,5,12-14H2,1-2H3,(H,22,25)(H,23,26). The Morgan fingerprint density at radius 3 is 2.67 bits per heavy atom. The smallest absolute Gasteiger partial charge is 0.326 e. The predicted octanol–water partition coefficient (Wildman–Crippen LogP) is 3.04. The van der Waals surface area contributed by atoms with Crippen LogP contribution in [0.1, 0.15) is 31.2 Å². The highest BCUT2D eigenvalue weighted by atomic mass is 16.5. The highest BCUT2D eigenvalue weighted by molar-refractivity contribution is 5.77. The third kappa shape index (κ3) is 4.58. The topological polar surface area (TPSA) is 76.1 Å². The van der Waals surface area contributed by atoms with Gasteiger partial charge in [0.2, 0.25) is 5.91 Å². The molecule has 1 unspecified atom stereocenters. The number of aromatic amines is 1. The number of carbonyl (C=O) groups excluding carboxylic acids is 1. The molecular weight excluding hydrogens is 342 g/mol. The number of fused-ring (bicyclic) bond motifs is 1. The number of benzene rings is 2. The number of hydrogen-bond acceptors (Lipinski definition) is 3. The van der Waals surface area contributed by atoms with Gasteiger partial charge in [-0.2, -0.15) is 0 Å². The van der Waals surface area contributed by atoms with Gasteiger partial charge in [0.05, 0.1) is 18.1 Å². The second-order valence-corrected chi connectivity index (χ2v) is 6.68. The summed E-state index contributed by atoms with van der Waals surface area (Å²) in [6.45, 7) is 3.14. The van der Waals surface area contributed by atoms with Crippen molar-refractivity contribution in [2.75, 3.05) is 13.7 Å². The first-order valence-electron chi connectivity index (χ1n) is 9.16.